The van der Waals surface area contributed by atoms with Gasteiger partial charge in [-0.1, -0.05) is 17.3 Å². The Labute approximate surface area is 81.2 Å². The van der Waals surface area contributed by atoms with E-state index < -0.39 is 0 Å². The van der Waals surface area contributed by atoms with Gasteiger partial charge in [0.2, 0.25) is 0 Å². The number of ketones is 1. The van der Waals surface area contributed by atoms with E-state index in [4.69, 9.17) is 0 Å². The van der Waals surface area contributed by atoms with Crippen molar-refractivity contribution in [3.05, 3.63) is 35.6 Å². The SMILES string of the molecule is CC(=O)CO/N=C\c1ccc(F)cc1. The second kappa shape index (κ2) is 5.11. The Morgan fingerprint density at radius 1 is 1.50 bits per heavy atom. The van der Waals surface area contributed by atoms with Crippen LogP contribution in [0.3, 0.4) is 0 Å². The molecule has 0 aliphatic heterocycles. The van der Waals surface area contributed by atoms with E-state index in [9.17, 15) is 9.18 Å². The number of carbonyl (C=O) groups excluding carboxylic acids is 1. The van der Waals surface area contributed by atoms with Gasteiger partial charge in [0.1, 0.15) is 5.82 Å². The predicted molar refractivity (Wildman–Crippen MR) is 50.6 cm³/mol. The highest BCUT2D eigenvalue weighted by Crippen LogP contribution is 1.99. The van der Waals surface area contributed by atoms with Gasteiger partial charge in [0.15, 0.2) is 12.4 Å². The number of rotatable bonds is 4. The molecule has 0 fully saturated rings. The molecular weight excluding hydrogens is 185 g/mol. The van der Waals surface area contributed by atoms with Crippen LogP contribution in [0.4, 0.5) is 4.39 Å². The molecule has 0 atom stereocenters. The third-order valence-electron chi connectivity index (χ3n) is 1.41. The molecule has 0 heterocycles. The third kappa shape index (κ3) is 3.80. The first kappa shape index (κ1) is 10.4. The van der Waals surface area contributed by atoms with Crippen LogP contribution in [0.2, 0.25) is 0 Å². The summed E-state index contributed by atoms with van der Waals surface area (Å²) < 4.78 is 12.5. The maximum absolute atomic E-state index is 12.5. The van der Waals surface area contributed by atoms with E-state index in [-0.39, 0.29) is 18.2 Å². The van der Waals surface area contributed by atoms with E-state index in [0.717, 1.165) is 5.56 Å². The van der Waals surface area contributed by atoms with E-state index >= 15 is 0 Å². The average Bonchev–Trinajstić information content (AvgIpc) is 2.15. The number of benzene rings is 1. The van der Waals surface area contributed by atoms with Crippen LogP contribution < -0.4 is 0 Å². The molecule has 3 nitrogen and oxygen atoms in total. The maximum atomic E-state index is 12.5. The van der Waals surface area contributed by atoms with Crippen molar-refractivity contribution in [2.75, 3.05) is 6.61 Å². The molecule has 14 heavy (non-hydrogen) atoms. The molecule has 0 spiro atoms. The number of halogens is 1. The van der Waals surface area contributed by atoms with E-state index in [1.54, 1.807) is 12.1 Å². The molecule has 0 saturated heterocycles. The Balaban J connectivity index is 2.44. The van der Waals surface area contributed by atoms with Gasteiger partial charge in [-0.15, -0.1) is 0 Å². The van der Waals surface area contributed by atoms with Crippen LogP contribution in [-0.4, -0.2) is 18.6 Å². The summed E-state index contributed by atoms with van der Waals surface area (Å²) in [5.74, 6) is -0.395. The zero-order valence-corrected chi connectivity index (χ0v) is 7.74. The fraction of sp³-hybridized carbons (Fsp3) is 0.200. The smallest absolute Gasteiger partial charge is 0.174 e. The zero-order valence-electron chi connectivity index (χ0n) is 7.74. The van der Waals surface area contributed by atoms with Crippen LogP contribution in [0, 0.1) is 5.82 Å². The van der Waals surface area contributed by atoms with E-state index in [2.05, 4.69) is 9.99 Å². The lowest BCUT2D eigenvalue weighted by Gasteiger charge is -1.94. The number of oxime groups is 1. The van der Waals surface area contributed by atoms with Crippen molar-refractivity contribution >= 4 is 12.0 Å². The van der Waals surface area contributed by atoms with Gasteiger partial charge in [0.25, 0.3) is 0 Å². The monoisotopic (exact) mass is 195 g/mol. The molecular formula is C10H10FNO2. The van der Waals surface area contributed by atoms with Crippen molar-refractivity contribution in [2.24, 2.45) is 5.16 Å². The van der Waals surface area contributed by atoms with Gasteiger partial charge in [0, 0.05) is 0 Å². The summed E-state index contributed by atoms with van der Waals surface area (Å²) in [5, 5.41) is 3.54. The van der Waals surface area contributed by atoms with Gasteiger partial charge in [0.05, 0.1) is 6.21 Å². The molecule has 0 unspecified atom stereocenters. The third-order valence-corrected chi connectivity index (χ3v) is 1.41. The molecule has 1 aromatic rings. The summed E-state index contributed by atoms with van der Waals surface area (Å²) >= 11 is 0. The van der Waals surface area contributed by atoms with E-state index in [0.29, 0.717) is 0 Å². The van der Waals surface area contributed by atoms with Crippen molar-refractivity contribution in [3.63, 3.8) is 0 Å². The molecule has 1 rings (SSSR count). The predicted octanol–water partition coefficient (Wildman–Crippen LogP) is 1.77. The van der Waals surface area contributed by atoms with Gasteiger partial charge in [-0.3, -0.25) is 4.79 Å². The Morgan fingerprint density at radius 3 is 2.71 bits per heavy atom. The highest BCUT2D eigenvalue weighted by atomic mass is 19.1. The van der Waals surface area contributed by atoms with E-state index in [1.807, 2.05) is 0 Å². The number of hydrogen-bond donors (Lipinski definition) is 0. The lowest BCUT2D eigenvalue weighted by Crippen LogP contribution is -1.99. The molecule has 4 heteroatoms. The Kier molecular flexibility index (Phi) is 3.79. The number of nitrogens with zero attached hydrogens (tertiary/aromatic N) is 1. The van der Waals surface area contributed by atoms with Crippen molar-refractivity contribution < 1.29 is 14.0 Å². The van der Waals surface area contributed by atoms with E-state index in [1.165, 1.54) is 25.3 Å². The minimum Gasteiger partial charge on any atom is -0.388 e. The average molecular weight is 195 g/mol. The van der Waals surface area contributed by atoms with Crippen LogP contribution in [0.15, 0.2) is 29.4 Å². The standard InChI is InChI=1S/C10H10FNO2/c1-8(13)7-14-12-6-9-2-4-10(11)5-3-9/h2-6H,7H2,1H3/b12-6-. The molecule has 0 aromatic heterocycles. The Bertz CT molecular complexity index is 332. The van der Waals surface area contributed by atoms with Crippen LogP contribution in [0.5, 0.6) is 0 Å². The molecule has 0 bridgehead atoms. The Hall–Kier alpha value is -1.71. The molecule has 0 saturated carbocycles. The second-order valence-corrected chi connectivity index (χ2v) is 2.76. The topological polar surface area (TPSA) is 38.7 Å². The van der Waals surface area contributed by atoms with Crippen molar-refractivity contribution in [2.45, 2.75) is 6.92 Å². The molecule has 1 aromatic carbocycles. The molecule has 0 radical (unpaired) electrons. The molecule has 0 N–H and O–H groups in total. The number of hydrogen-bond acceptors (Lipinski definition) is 3. The summed E-state index contributed by atoms with van der Waals surface area (Å²) in [6.45, 7) is 1.37. The van der Waals surface area contributed by atoms with Gasteiger partial charge < -0.3 is 4.84 Å². The van der Waals surface area contributed by atoms with Gasteiger partial charge >= 0.3 is 0 Å². The molecule has 74 valence electrons. The fourth-order valence-electron chi connectivity index (χ4n) is 0.775. The first-order chi connectivity index (χ1) is 6.68. The quantitative estimate of drug-likeness (QED) is 0.542. The number of Topliss-reactive ketones (excluding diaryl/α,β-unsaturated/α-hetero) is 1. The molecule has 0 aliphatic rings. The molecule has 0 amide bonds. The summed E-state index contributed by atoms with van der Waals surface area (Å²) in [5.41, 5.74) is 0.718. The number of carbonyl (C=O) groups is 1. The summed E-state index contributed by atoms with van der Waals surface area (Å²) in [7, 11) is 0. The summed E-state index contributed by atoms with van der Waals surface area (Å²) in [4.78, 5) is 15.1. The maximum Gasteiger partial charge on any atom is 0.174 e. The van der Waals surface area contributed by atoms with Crippen LogP contribution in [-0.2, 0) is 9.63 Å². The summed E-state index contributed by atoms with van der Waals surface area (Å²) in [6, 6.07) is 5.78. The zero-order chi connectivity index (χ0) is 10.4. The Morgan fingerprint density at radius 2 is 2.14 bits per heavy atom. The highest BCUT2D eigenvalue weighted by Gasteiger charge is 1.91. The first-order valence-corrected chi connectivity index (χ1v) is 4.09. The van der Waals surface area contributed by atoms with Gasteiger partial charge in [-0.2, -0.15) is 0 Å². The largest absolute Gasteiger partial charge is 0.388 e. The van der Waals surface area contributed by atoms with Gasteiger partial charge in [-0.25, -0.2) is 4.39 Å². The van der Waals surface area contributed by atoms with Crippen molar-refractivity contribution in [1.29, 1.82) is 0 Å². The lowest BCUT2D eigenvalue weighted by atomic mass is 10.2. The van der Waals surface area contributed by atoms with Crippen LogP contribution in [0.1, 0.15) is 12.5 Å². The minimum absolute atomic E-state index is 0.0440. The molecule has 0 aliphatic carbocycles. The van der Waals surface area contributed by atoms with Gasteiger partial charge in [-0.05, 0) is 24.6 Å². The first-order valence-electron chi connectivity index (χ1n) is 4.09. The second-order valence-electron chi connectivity index (χ2n) is 2.76. The fourth-order valence-corrected chi connectivity index (χ4v) is 0.775. The highest BCUT2D eigenvalue weighted by molar-refractivity contribution is 5.79. The lowest BCUT2D eigenvalue weighted by molar-refractivity contribution is -0.121. The van der Waals surface area contributed by atoms with Crippen molar-refractivity contribution in [1.82, 2.24) is 0 Å². The normalized spacial score (nSPS) is 10.4. The van der Waals surface area contributed by atoms with Crippen LogP contribution in [0.25, 0.3) is 0 Å². The van der Waals surface area contributed by atoms with Crippen molar-refractivity contribution in [3.8, 4) is 0 Å². The van der Waals surface area contributed by atoms with Crippen LogP contribution >= 0.6 is 0 Å². The summed E-state index contributed by atoms with van der Waals surface area (Å²) in [6.07, 6.45) is 1.42. The minimum atomic E-state index is -0.299.